The number of hydrogen-bond acceptors (Lipinski definition) is 5. The molecule has 0 spiro atoms. The second-order valence-electron chi connectivity index (χ2n) is 5.28. The number of methoxy groups -OCH3 is 3. The molecule has 0 unspecified atom stereocenters. The van der Waals surface area contributed by atoms with Crippen LogP contribution in [0.4, 0.5) is 5.69 Å². The summed E-state index contributed by atoms with van der Waals surface area (Å²) in [5, 5.41) is 12.2. The topological polar surface area (TPSA) is 80.6 Å². The maximum absolute atomic E-state index is 12.5. The number of carbonyl (C=O) groups excluding carboxylic acids is 1. The van der Waals surface area contributed by atoms with Gasteiger partial charge in [-0.3, -0.25) is 4.79 Å². The van der Waals surface area contributed by atoms with Crippen molar-refractivity contribution in [3.8, 4) is 23.3 Å². The third-order valence-corrected chi connectivity index (χ3v) is 3.72. The van der Waals surface area contributed by atoms with Crippen molar-refractivity contribution in [2.24, 2.45) is 5.92 Å². The van der Waals surface area contributed by atoms with Crippen LogP contribution in [0.1, 0.15) is 5.56 Å². The average Bonchev–Trinajstić information content (AvgIpc) is 2.65. The molecule has 1 atom stereocenters. The Labute approximate surface area is 146 Å². The Bertz CT molecular complexity index is 783. The predicted octanol–water partition coefficient (Wildman–Crippen LogP) is 3.03. The first kappa shape index (κ1) is 18.1. The average molecular weight is 340 g/mol. The van der Waals surface area contributed by atoms with Crippen molar-refractivity contribution in [3.05, 3.63) is 48.0 Å². The van der Waals surface area contributed by atoms with Crippen LogP contribution in [-0.4, -0.2) is 27.2 Å². The van der Waals surface area contributed by atoms with E-state index in [9.17, 15) is 10.1 Å². The van der Waals surface area contributed by atoms with Crippen molar-refractivity contribution in [1.82, 2.24) is 0 Å². The summed E-state index contributed by atoms with van der Waals surface area (Å²) in [5.41, 5.74) is 1.30. The van der Waals surface area contributed by atoms with Crippen LogP contribution in [0.3, 0.4) is 0 Å². The molecule has 130 valence electrons. The Balaban J connectivity index is 2.16. The number of carbonyl (C=O) groups is 1. The standard InChI is InChI=1S/C19H20N2O4/c1-23-16-6-4-5-15(11-16)21-19(22)14(12-20)9-13-10-17(24-2)7-8-18(13)25-3/h4-8,10-11,14H,9H2,1-3H3,(H,21,22)/t14-/m1/s1. The van der Waals surface area contributed by atoms with Gasteiger partial charge in [0, 0.05) is 18.2 Å². The molecule has 25 heavy (non-hydrogen) atoms. The molecule has 0 aliphatic rings. The lowest BCUT2D eigenvalue weighted by Gasteiger charge is -2.14. The molecule has 0 aliphatic heterocycles. The fourth-order valence-corrected chi connectivity index (χ4v) is 2.39. The summed E-state index contributed by atoms with van der Waals surface area (Å²) in [7, 11) is 4.65. The van der Waals surface area contributed by atoms with E-state index in [2.05, 4.69) is 5.32 Å². The first-order chi connectivity index (χ1) is 12.1. The molecule has 0 bridgehead atoms. The van der Waals surface area contributed by atoms with Crippen LogP contribution < -0.4 is 19.5 Å². The highest BCUT2D eigenvalue weighted by atomic mass is 16.5. The third kappa shape index (κ3) is 4.64. The summed E-state index contributed by atoms with van der Waals surface area (Å²) in [6, 6.07) is 14.3. The van der Waals surface area contributed by atoms with Crippen LogP contribution in [0.25, 0.3) is 0 Å². The lowest BCUT2D eigenvalue weighted by Crippen LogP contribution is -2.23. The van der Waals surface area contributed by atoms with Crippen molar-refractivity contribution in [2.75, 3.05) is 26.6 Å². The van der Waals surface area contributed by atoms with Gasteiger partial charge in [0.25, 0.3) is 0 Å². The minimum Gasteiger partial charge on any atom is -0.497 e. The maximum Gasteiger partial charge on any atom is 0.242 e. The van der Waals surface area contributed by atoms with E-state index in [4.69, 9.17) is 14.2 Å². The van der Waals surface area contributed by atoms with Gasteiger partial charge in [0.05, 0.1) is 27.4 Å². The first-order valence-corrected chi connectivity index (χ1v) is 7.66. The van der Waals surface area contributed by atoms with E-state index in [1.54, 1.807) is 63.8 Å². The molecule has 0 heterocycles. The van der Waals surface area contributed by atoms with E-state index < -0.39 is 5.92 Å². The van der Waals surface area contributed by atoms with Crippen LogP contribution in [-0.2, 0) is 11.2 Å². The highest BCUT2D eigenvalue weighted by Crippen LogP contribution is 2.27. The number of amides is 1. The molecule has 0 saturated heterocycles. The van der Waals surface area contributed by atoms with Gasteiger partial charge >= 0.3 is 0 Å². The van der Waals surface area contributed by atoms with Crippen LogP contribution in [0.15, 0.2) is 42.5 Å². The summed E-state index contributed by atoms with van der Waals surface area (Å²) in [4.78, 5) is 12.5. The van der Waals surface area contributed by atoms with Gasteiger partial charge in [0.1, 0.15) is 23.2 Å². The minimum absolute atomic E-state index is 0.215. The van der Waals surface area contributed by atoms with Crippen LogP contribution >= 0.6 is 0 Å². The zero-order valence-electron chi connectivity index (χ0n) is 14.4. The normalized spacial score (nSPS) is 11.1. The molecule has 2 rings (SSSR count). The molecule has 2 aromatic rings. The summed E-state index contributed by atoms with van der Waals surface area (Å²) < 4.78 is 15.6. The number of rotatable bonds is 7. The molecule has 0 fully saturated rings. The highest BCUT2D eigenvalue weighted by molar-refractivity contribution is 5.94. The zero-order valence-corrected chi connectivity index (χ0v) is 14.4. The Kier molecular flexibility index (Phi) is 6.24. The summed E-state index contributed by atoms with van der Waals surface area (Å²) >= 11 is 0. The molecule has 1 N–H and O–H groups in total. The van der Waals surface area contributed by atoms with Crippen LogP contribution in [0.5, 0.6) is 17.2 Å². The molecule has 1 amide bonds. The molecule has 0 saturated carbocycles. The SMILES string of the molecule is COc1cccc(NC(=O)[C@@H](C#N)Cc2cc(OC)ccc2OC)c1. The van der Waals surface area contributed by atoms with Gasteiger partial charge in [-0.05, 0) is 35.9 Å². The lowest BCUT2D eigenvalue weighted by atomic mass is 9.98. The monoisotopic (exact) mass is 340 g/mol. The van der Waals surface area contributed by atoms with Gasteiger partial charge in [-0.15, -0.1) is 0 Å². The Morgan fingerprint density at radius 1 is 1.08 bits per heavy atom. The molecule has 6 nitrogen and oxygen atoms in total. The van der Waals surface area contributed by atoms with E-state index in [0.29, 0.717) is 22.9 Å². The highest BCUT2D eigenvalue weighted by Gasteiger charge is 2.21. The van der Waals surface area contributed by atoms with Gasteiger partial charge < -0.3 is 19.5 Å². The number of ether oxygens (including phenoxy) is 3. The van der Waals surface area contributed by atoms with Gasteiger partial charge in [0.2, 0.25) is 5.91 Å². The Hall–Kier alpha value is -3.20. The number of nitrogens with one attached hydrogen (secondary N) is 1. The van der Waals surface area contributed by atoms with Crippen LogP contribution in [0, 0.1) is 17.2 Å². The predicted molar refractivity (Wildman–Crippen MR) is 94.0 cm³/mol. The fourth-order valence-electron chi connectivity index (χ4n) is 2.39. The van der Waals surface area contributed by atoms with Crippen molar-refractivity contribution in [2.45, 2.75) is 6.42 Å². The van der Waals surface area contributed by atoms with Crippen LogP contribution in [0.2, 0.25) is 0 Å². The van der Waals surface area contributed by atoms with Gasteiger partial charge in [0.15, 0.2) is 0 Å². The summed E-state index contributed by atoms with van der Waals surface area (Å²) in [6.07, 6.45) is 0.215. The largest absolute Gasteiger partial charge is 0.497 e. The van der Waals surface area contributed by atoms with Crippen molar-refractivity contribution >= 4 is 11.6 Å². The van der Waals surface area contributed by atoms with Gasteiger partial charge in [-0.25, -0.2) is 0 Å². The van der Waals surface area contributed by atoms with Crippen molar-refractivity contribution in [1.29, 1.82) is 5.26 Å². The minimum atomic E-state index is -0.868. The Morgan fingerprint density at radius 2 is 1.80 bits per heavy atom. The first-order valence-electron chi connectivity index (χ1n) is 7.66. The number of anilines is 1. The second kappa shape index (κ2) is 8.60. The van der Waals surface area contributed by atoms with E-state index in [0.717, 1.165) is 5.56 Å². The number of nitrogens with zero attached hydrogens (tertiary/aromatic N) is 1. The molecule has 0 aromatic heterocycles. The molecule has 6 heteroatoms. The van der Waals surface area contributed by atoms with Crippen molar-refractivity contribution in [3.63, 3.8) is 0 Å². The molecule has 2 aromatic carbocycles. The van der Waals surface area contributed by atoms with Gasteiger partial charge in [-0.1, -0.05) is 6.07 Å². The fraction of sp³-hybridized carbons (Fsp3) is 0.263. The molecule has 0 radical (unpaired) electrons. The zero-order chi connectivity index (χ0) is 18.2. The smallest absolute Gasteiger partial charge is 0.242 e. The number of benzene rings is 2. The lowest BCUT2D eigenvalue weighted by molar-refractivity contribution is -0.118. The molecular formula is C19H20N2O4. The Morgan fingerprint density at radius 3 is 2.44 bits per heavy atom. The number of hydrogen-bond donors (Lipinski definition) is 1. The van der Waals surface area contributed by atoms with E-state index in [1.165, 1.54) is 0 Å². The maximum atomic E-state index is 12.5. The quantitative estimate of drug-likeness (QED) is 0.838. The third-order valence-electron chi connectivity index (χ3n) is 3.72. The summed E-state index contributed by atoms with van der Waals surface area (Å²) in [6.45, 7) is 0. The van der Waals surface area contributed by atoms with E-state index in [-0.39, 0.29) is 12.3 Å². The van der Waals surface area contributed by atoms with E-state index in [1.807, 2.05) is 6.07 Å². The molecule has 0 aliphatic carbocycles. The second-order valence-corrected chi connectivity index (χ2v) is 5.28. The van der Waals surface area contributed by atoms with E-state index >= 15 is 0 Å². The molecular weight excluding hydrogens is 320 g/mol. The number of nitriles is 1. The van der Waals surface area contributed by atoms with Gasteiger partial charge in [-0.2, -0.15) is 5.26 Å². The summed E-state index contributed by atoms with van der Waals surface area (Å²) in [5.74, 6) is 0.615. The van der Waals surface area contributed by atoms with Crippen molar-refractivity contribution < 1.29 is 19.0 Å².